The van der Waals surface area contributed by atoms with Gasteiger partial charge in [-0.2, -0.15) is 0 Å². The number of carboxylic acids is 1. The largest absolute Gasteiger partial charge is 0.479 e. The summed E-state index contributed by atoms with van der Waals surface area (Å²) < 4.78 is 21.9. The van der Waals surface area contributed by atoms with Crippen molar-refractivity contribution < 1.29 is 33.6 Å². The van der Waals surface area contributed by atoms with Crippen LogP contribution >= 0.6 is 15.9 Å². The Labute approximate surface area is 173 Å². The summed E-state index contributed by atoms with van der Waals surface area (Å²) in [4.78, 5) is 24.3. The van der Waals surface area contributed by atoms with E-state index in [0.29, 0.717) is 12.2 Å². The number of carboxylic acid groups (broad SMARTS) is 1. The number of benzene rings is 1. The van der Waals surface area contributed by atoms with Crippen LogP contribution in [-0.2, 0) is 23.7 Å². The van der Waals surface area contributed by atoms with Crippen molar-refractivity contribution in [1.82, 2.24) is 5.32 Å². The summed E-state index contributed by atoms with van der Waals surface area (Å²) in [5, 5.41) is 12.4. The van der Waals surface area contributed by atoms with Crippen LogP contribution in [0.1, 0.15) is 30.6 Å². The van der Waals surface area contributed by atoms with Crippen LogP contribution in [0.4, 0.5) is 0 Å². The monoisotopic (exact) mass is 461 g/mol. The summed E-state index contributed by atoms with van der Waals surface area (Å²) in [5.41, 5.74) is -1.05. The fraction of sp³-hybridized carbons (Fsp3) is 0.579. The molecule has 0 saturated heterocycles. The predicted molar refractivity (Wildman–Crippen MR) is 106 cm³/mol. The lowest BCUT2D eigenvalue weighted by Gasteiger charge is -2.30. The lowest BCUT2D eigenvalue weighted by Crippen LogP contribution is -2.49. The van der Waals surface area contributed by atoms with Crippen LogP contribution in [0.15, 0.2) is 28.7 Å². The summed E-state index contributed by atoms with van der Waals surface area (Å²) in [6.07, 6.45) is 0.0143. The number of nitrogens with one attached hydrogen (secondary N) is 1. The Morgan fingerprint density at radius 2 is 1.89 bits per heavy atom. The molecule has 0 aliphatic carbocycles. The summed E-state index contributed by atoms with van der Waals surface area (Å²) in [7, 11) is 1.50. The lowest BCUT2D eigenvalue weighted by molar-refractivity contribution is -0.167. The third-order valence-corrected chi connectivity index (χ3v) is 4.46. The molecule has 0 aliphatic rings. The van der Waals surface area contributed by atoms with E-state index < -0.39 is 17.6 Å². The van der Waals surface area contributed by atoms with Gasteiger partial charge in [0.1, 0.15) is 6.79 Å². The first kappa shape index (κ1) is 24.5. The van der Waals surface area contributed by atoms with Crippen LogP contribution in [0.3, 0.4) is 0 Å². The highest BCUT2D eigenvalue weighted by Gasteiger charge is 2.37. The quantitative estimate of drug-likeness (QED) is 0.323. The van der Waals surface area contributed by atoms with Crippen molar-refractivity contribution in [2.45, 2.75) is 31.9 Å². The summed E-state index contributed by atoms with van der Waals surface area (Å²) in [5.74, 6) is -1.46. The third-order valence-electron chi connectivity index (χ3n) is 3.93. The number of carbonyl (C=O) groups is 2. The van der Waals surface area contributed by atoms with Crippen molar-refractivity contribution in [3.63, 3.8) is 0 Å². The maximum Gasteiger partial charge on any atom is 0.335 e. The second-order valence-corrected chi connectivity index (χ2v) is 7.16. The van der Waals surface area contributed by atoms with Crippen LogP contribution in [0.25, 0.3) is 0 Å². The smallest absolute Gasteiger partial charge is 0.335 e. The minimum absolute atomic E-state index is 0.0143. The molecule has 0 unspecified atom stereocenters. The molecule has 0 saturated carbocycles. The standard InChI is InChI=1S/C19H28BrNO7/c1-4-26-13-27-12-16(11-19(2,18(23)24)28-10-9-25-3)21-17(22)14-5-7-15(20)8-6-14/h5-8,16H,4,9-13H2,1-3H3,(H,21,22)(H,23,24)/t16-,19+/m0/s1. The van der Waals surface area contributed by atoms with Gasteiger partial charge in [-0.05, 0) is 38.1 Å². The maximum atomic E-state index is 12.5. The molecule has 2 atom stereocenters. The molecule has 0 aromatic heterocycles. The van der Waals surface area contributed by atoms with Gasteiger partial charge in [0.25, 0.3) is 5.91 Å². The summed E-state index contributed by atoms with van der Waals surface area (Å²) in [6, 6.07) is 6.25. The van der Waals surface area contributed by atoms with Gasteiger partial charge < -0.3 is 29.4 Å². The maximum absolute atomic E-state index is 12.5. The molecular weight excluding hydrogens is 434 g/mol. The van der Waals surface area contributed by atoms with Gasteiger partial charge in [0, 0.05) is 30.2 Å². The van der Waals surface area contributed by atoms with Crippen LogP contribution in [0.5, 0.6) is 0 Å². The minimum atomic E-state index is -1.51. The number of rotatable bonds is 14. The molecule has 8 nitrogen and oxygen atoms in total. The Bertz CT molecular complexity index is 611. The van der Waals surface area contributed by atoms with Crippen molar-refractivity contribution >= 4 is 27.8 Å². The summed E-state index contributed by atoms with van der Waals surface area (Å²) >= 11 is 3.32. The molecule has 0 aliphatic heterocycles. The highest BCUT2D eigenvalue weighted by molar-refractivity contribution is 9.10. The van der Waals surface area contributed by atoms with Crippen LogP contribution in [0.2, 0.25) is 0 Å². The zero-order valence-electron chi connectivity index (χ0n) is 16.4. The molecule has 0 radical (unpaired) electrons. The minimum Gasteiger partial charge on any atom is -0.479 e. The van der Waals surface area contributed by atoms with E-state index in [4.69, 9.17) is 18.9 Å². The van der Waals surface area contributed by atoms with Crippen molar-refractivity contribution in [2.75, 3.05) is 40.3 Å². The lowest BCUT2D eigenvalue weighted by atomic mass is 9.96. The number of ether oxygens (including phenoxy) is 4. The Morgan fingerprint density at radius 3 is 2.46 bits per heavy atom. The number of aliphatic carboxylic acids is 1. The molecule has 0 spiro atoms. The van der Waals surface area contributed by atoms with E-state index >= 15 is 0 Å². The molecule has 2 N–H and O–H groups in total. The first-order chi connectivity index (χ1) is 13.3. The molecule has 28 heavy (non-hydrogen) atoms. The van der Waals surface area contributed by atoms with E-state index in [1.54, 1.807) is 24.3 Å². The van der Waals surface area contributed by atoms with Crippen LogP contribution in [0, 0.1) is 0 Å². The van der Waals surface area contributed by atoms with Gasteiger partial charge in [-0.25, -0.2) is 4.79 Å². The third kappa shape index (κ3) is 8.66. The van der Waals surface area contributed by atoms with Gasteiger partial charge in [-0.3, -0.25) is 4.79 Å². The van der Waals surface area contributed by atoms with Gasteiger partial charge >= 0.3 is 5.97 Å². The second kappa shape index (κ2) is 12.8. The number of carbonyl (C=O) groups excluding carboxylic acids is 1. The first-order valence-corrected chi connectivity index (χ1v) is 9.70. The molecule has 1 rings (SSSR count). The Hall–Kier alpha value is -1.52. The van der Waals surface area contributed by atoms with E-state index in [-0.39, 0.29) is 38.9 Å². The molecule has 1 aromatic carbocycles. The zero-order valence-corrected chi connectivity index (χ0v) is 18.0. The number of hydrogen-bond acceptors (Lipinski definition) is 6. The van der Waals surface area contributed by atoms with E-state index in [1.165, 1.54) is 14.0 Å². The topological polar surface area (TPSA) is 103 Å². The fourth-order valence-electron chi connectivity index (χ4n) is 2.38. The molecule has 1 aromatic rings. The van der Waals surface area contributed by atoms with Crippen molar-refractivity contribution in [3.8, 4) is 0 Å². The Balaban J connectivity index is 2.84. The van der Waals surface area contributed by atoms with Gasteiger partial charge in [0.05, 0.1) is 25.9 Å². The number of halogens is 1. The van der Waals surface area contributed by atoms with Gasteiger partial charge in [0.2, 0.25) is 0 Å². The van der Waals surface area contributed by atoms with Crippen molar-refractivity contribution in [1.29, 1.82) is 0 Å². The summed E-state index contributed by atoms with van der Waals surface area (Å²) in [6.45, 7) is 4.30. The second-order valence-electron chi connectivity index (χ2n) is 6.24. The first-order valence-electron chi connectivity index (χ1n) is 8.90. The molecule has 9 heteroatoms. The number of hydrogen-bond donors (Lipinski definition) is 2. The van der Waals surface area contributed by atoms with Crippen molar-refractivity contribution in [3.05, 3.63) is 34.3 Å². The molecule has 0 heterocycles. The highest BCUT2D eigenvalue weighted by atomic mass is 79.9. The van der Waals surface area contributed by atoms with Gasteiger partial charge in [-0.1, -0.05) is 15.9 Å². The SMILES string of the molecule is CCOCOC[C@H](C[C@@](C)(OCCOC)C(=O)O)NC(=O)c1ccc(Br)cc1. The molecule has 0 fully saturated rings. The Morgan fingerprint density at radius 1 is 1.21 bits per heavy atom. The Kier molecular flexibility index (Phi) is 11.2. The van der Waals surface area contributed by atoms with Crippen LogP contribution in [-0.4, -0.2) is 69.0 Å². The predicted octanol–water partition coefficient (Wildman–Crippen LogP) is 2.45. The van der Waals surface area contributed by atoms with Gasteiger partial charge in [0.15, 0.2) is 5.60 Å². The van der Waals surface area contributed by atoms with Crippen LogP contribution < -0.4 is 5.32 Å². The molecule has 0 bridgehead atoms. The molecule has 158 valence electrons. The number of amides is 1. The highest BCUT2D eigenvalue weighted by Crippen LogP contribution is 2.20. The molecular formula is C19H28BrNO7. The van der Waals surface area contributed by atoms with Crippen molar-refractivity contribution in [2.24, 2.45) is 0 Å². The van der Waals surface area contributed by atoms with Gasteiger partial charge in [-0.15, -0.1) is 0 Å². The zero-order chi connectivity index (χ0) is 21.0. The van der Waals surface area contributed by atoms with E-state index in [9.17, 15) is 14.7 Å². The number of methoxy groups -OCH3 is 1. The van der Waals surface area contributed by atoms with E-state index in [0.717, 1.165) is 4.47 Å². The average Bonchev–Trinajstić information content (AvgIpc) is 2.65. The molecule has 1 amide bonds. The average molecular weight is 462 g/mol. The van der Waals surface area contributed by atoms with E-state index in [2.05, 4.69) is 21.2 Å². The van der Waals surface area contributed by atoms with E-state index in [1.807, 2.05) is 6.92 Å². The normalized spacial score (nSPS) is 14.3. The fourth-order valence-corrected chi connectivity index (χ4v) is 2.65.